The number of amides is 1. The van der Waals surface area contributed by atoms with Crippen LogP contribution in [0, 0.1) is 0 Å². The van der Waals surface area contributed by atoms with Crippen LogP contribution in [0.3, 0.4) is 0 Å². The molecule has 9 heteroatoms. The van der Waals surface area contributed by atoms with Crippen LogP contribution in [-0.2, 0) is 20.7 Å². The summed E-state index contributed by atoms with van der Waals surface area (Å²) in [5.41, 5.74) is -0.367. The first-order chi connectivity index (χ1) is 13.2. The van der Waals surface area contributed by atoms with E-state index < -0.39 is 23.6 Å². The molecule has 0 saturated heterocycles. The molecule has 28 heavy (non-hydrogen) atoms. The number of alkyl halides is 3. The molecule has 0 radical (unpaired) electrons. The third kappa shape index (κ3) is 6.45. The molecule has 0 fully saturated rings. The van der Waals surface area contributed by atoms with Crippen LogP contribution >= 0.6 is 11.6 Å². The number of benzene rings is 2. The number of rotatable bonds is 7. The van der Waals surface area contributed by atoms with E-state index in [4.69, 9.17) is 21.4 Å². The van der Waals surface area contributed by atoms with Gasteiger partial charge in [-0.1, -0.05) is 29.8 Å². The third-order valence-corrected chi connectivity index (χ3v) is 4.00. The molecular formula is C19H17ClF3NO4. The van der Waals surface area contributed by atoms with Gasteiger partial charge >= 0.3 is 12.1 Å². The van der Waals surface area contributed by atoms with Crippen molar-refractivity contribution in [3.8, 4) is 5.75 Å². The highest BCUT2D eigenvalue weighted by Gasteiger charge is 2.31. The van der Waals surface area contributed by atoms with Gasteiger partial charge in [-0.05, 0) is 42.3 Å². The molecule has 1 amide bonds. The lowest BCUT2D eigenvalue weighted by atomic mass is 9.96. The van der Waals surface area contributed by atoms with Crippen molar-refractivity contribution in [2.45, 2.75) is 25.4 Å². The van der Waals surface area contributed by atoms with Gasteiger partial charge in [0.05, 0.1) is 11.5 Å². The summed E-state index contributed by atoms with van der Waals surface area (Å²) >= 11 is 5.84. The summed E-state index contributed by atoms with van der Waals surface area (Å²) in [5.74, 6) is -2.15. The van der Waals surface area contributed by atoms with Gasteiger partial charge in [-0.15, -0.1) is 0 Å². The van der Waals surface area contributed by atoms with Gasteiger partial charge in [-0.25, -0.2) is 9.68 Å². The van der Waals surface area contributed by atoms with Gasteiger partial charge < -0.3 is 5.32 Å². The number of hydrogen-bond donors (Lipinski definition) is 1. The molecule has 0 aliphatic carbocycles. The Labute approximate surface area is 164 Å². The predicted molar refractivity (Wildman–Crippen MR) is 95.7 cm³/mol. The van der Waals surface area contributed by atoms with Crippen LogP contribution in [0.2, 0.25) is 5.02 Å². The van der Waals surface area contributed by atoms with Crippen LogP contribution in [0.4, 0.5) is 13.2 Å². The second-order valence-corrected chi connectivity index (χ2v) is 6.32. The minimum atomic E-state index is -4.55. The zero-order chi connectivity index (χ0) is 20.7. The number of carbonyl (C=O) groups is 2. The van der Waals surface area contributed by atoms with Crippen LogP contribution in [0.15, 0.2) is 48.5 Å². The summed E-state index contributed by atoms with van der Waals surface area (Å²) in [6, 6.07) is 10.4. The highest BCUT2D eigenvalue weighted by atomic mass is 35.5. The number of hydrogen-bond acceptors (Lipinski definition) is 4. The molecule has 0 heterocycles. The maximum Gasteiger partial charge on any atom is 0.416 e. The van der Waals surface area contributed by atoms with Gasteiger partial charge in [-0.2, -0.15) is 13.2 Å². The fourth-order valence-corrected chi connectivity index (χ4v) is 2.51. The molecule has 0 aromatic heterocycles. The Morgan fingerprint density at radius 2 is 1.82 bits per heavy atom. The van der Waals surface area contributed by atoms with E-state index in [1.54, 1.807) is 24.3 Å². The summed E-state index contributed by atoms with van der Waals surface area (Å²) in [5, 5.41) is 3.04. The zero-order valence-electron chi connectivity index (χ0n) is 14.8. The van der Waals surface area contributed by atoms with Gasteiger partial charge in [-0.3, -0.25) is 9.68 Å². The lowest BCUT2D eigenvalue weighted by molar-refractivity contribution is -0.216. The highest BCUT2D eigenvalue weighted by molar-refractivity contribution is 6.30. The average molecular weight is 416 g/mol. The van der Waals surface area contributed by atoms with Crippen LogP contribution in [0.5, 0.6) is 5.75 Å². The van der Waals surface area contributed by atoms with Crippen LogP contribution in [-0.4, -0.2) is 18.4 Å². The van der Waals surface area contributed by atoms with Gasteiger partial charge in [0.2, 0.25) is 5.91 Å². The molecule has 0 saturated carbocycles. The molecule has 2 aromatic rings. The molecule has 0 spiro atoms. The lowest BCUT2D eigenvalue weighted by Gasteiger charge is -2.16. The van der Waals surface area contributed by atoms with Crippen molar-refractivity contribution in [3.05, 3.63) is 64.7 Å². The third-order valence-electron chi connectivity index (χ3n) is 3.75. The standard InChI is InChI=1S/C19H17ClF3NO4/c1-12(25)24-10-9-17(13-5-7-15(20)8-6-13)18(26)28-27-16-4-2-3-14(11-16)19(21,22)23/h2-8,11,17H,9-10H2,1H3,(H,24,25). The number of nitrogens with one attached hydrogen (secondary N) is 1. The van der Waals surface area contributed by atoms with Crippen molar-refractivity contribution in [3.63, 3.8) is 0 Å². The zero-order valence-corrected chi connectivity index (χ0v) is 15.5. The maximum absolute atomic E-state index is 12.7. The average Bonchev–Trinajstić information content (AvgIpc) is 2.64. The van der Waals surface area contributed by atoms with Gasteiger partial charge in [0.1, 0.15) is 0 Å². The highest BCUT2D eigenvalue weighted by Crippen LogP contribution is 2.31. The van der Waals surface area contributed by atoms with Crippen molar-refractivity contribution in [1.82, 2.24) is 5.32 Å². The smallest absolute Gasteiger partial charge is 0.356 e. The Bertz CT molecular complexity index is 825. The Balaban J connectivity index is 2.09. The molecule has 1 atom stereocenters. The predicted octanol–water partition coefficient (Wildman–Crippen LogP) is 4.51. The second-order valence-electron chi connectivity index (χ2n) is 5.89. The summed E-state index contributed by atoms with van der Waals surface area (Å²) in [7, 11) is 0. The SMILES string of the molecule is CC(=O)NCCC(C(=O)OOc1cccc(C(F)(F)F)c1)c1ccc(Cl)cc1. The van der Waals surface area contributed by atoms with E-state index in [1.807, 2.05) is 0 Å². The Morgan fingerprint density at radius 1 is 1.14 bits per heavy atom. The van der Waals surface area contributed by atoms with E-state index in [9.17, 15) is 22.8 Å². The van der Waals surface area contributed by atoms with E-state index in [0.29, 0.717) is 10.6 Å². The van der Waals surface area contributed by atoms with Gasteiger partial charge in [0.15, 0.2) is 5.75 Å². The van der Waals surface area contributed by atoms with E-state index in [0.717, 1.165) is 18.2 Å². The summed E-state index contributed by atoms with van der Waals surface area (Å²) in [6.07, 6.45) is -4.35. The molecule has 0 bridgehead atoms. The molecule has 2 rings (SSSR count). The summed E-state index contributed by atoms with van der Waals surface area (Å²) < 4.78 is 38.2. The first-order valence-corrected chi connectivity index (χ1v) is 8.60. The van der Waals surface area contributed by atoms with Crippen molar-refractivity contribution >= 4 is 23.5 Å². The molecular weight excluding hydrogens is 399 g/mol. The molecule has 1 N–H and O–H groups in total. The first kappa shape index (κ1) is 21.6. The fourth-order valence-electron chi connectivity index (χ4n) is 2.38. The van der Waals surface area contributed by atoms with Crippen molar-refractivity contribution in [2.75, 3.05) is 6.54 Å². The van der Waals surface area contributed by atoms with E-state index >= 15 is 0 Å². The molecule has 150 valence electrons. The number of halogens is 4. The minimum absolute atomic E-state index is 0.196. The van der Waals surface area contributed by atoms with E-state index in [1.165, 1.54) is 13.0 Å². The van der Waals surface area contributed by atoms with Crippen molar-refractivity contribution in [1.29, 1.82) is 0 Å². The Hall–Kier alpha value is -2.74. The largest absolute Gasteiger partial charge is 0.416 e. The quantitative estimate of drug-likeness (QED) is 0.534. The Morgan fingerprint density at radius 3 is 2.43 bits per heavy atom. The van der Waals surface area contributed by atoms with Crippen LogP contribution in [0.25, 0.3) is 0 Å². The fraction of sp³-hybridized carbons (Fsp3) is 0.263. The second kappa shape index (κ2) is 9.45. The van der Waals surface area contributed by atoms with E-state index in [2.05, 4.69) is 5.32 Å². The first-order valence-electron chi connectivity index (χ1n) is 8.22. The molecule has 0 aliphatic rings. The summed E-state index contributed by atoms with van der Waals surface area (Å²) in [6.45, 7) is 1.54. The van der Waals surface area contributed by atoms with Crippen molar-refractivity contribution in [2.24, 2.45) is 0 Å². The normalized spacial score (nSPS) is 12.2. The molecule has 0 aliphatic heterocycles. The monoisotopic (exact) mass is 415 g/mol. The van der Waals surface area contributed by atoms with Crippen molar-refractivity contribution < 1.29 is 32.5 Å². The minimum Gasteiger partial charge on any atom is -0.356 e. The molecule has 1 unspecified atom stereocenters. The van der Waals surface area contributed by atoms with E-state index in [-0.39, 0.29) is 24.6 Å². The van der Waals surface area contributed by atoms with Crippen LogP contribution in [0.1, 0.15) is 30.4 Å². The molecule has 2 aromatic carbocycles. The number of carbonyl (C=O) groups excluding carboxylic acids is 2. The Kier molecular flexibility index (Phi) is 7.28. The maximum atomic E-state index is 12.7. The summed E-state index contributed by atoms with van der Waals surface area (Å²) in [4.78, 5) is 33.0. The molecule has 5 nitrogen and oxygen atoms in total. The topological polar surface area (TPSA) is 64.6 Å². The van der Waals surface area contributed by atoms with Gasteiger partial charge in [0.25, 0.3) is 0 Å². The lowest BCUT2D eigenvalue weighted by Crippen LogP contribution is -2.26. The van der Waals surface area contributed by atoms with Gasteiger partial charge in [0, 0.05) is 18.5 Å². The van der Waals surface area contributed by atoms with Crippen LogP contribution < -0.4 is 10.2 Å².